The second-order valence-electron chi connectivity index (χ2n) is 4.51. The molecule has 1 amide bonds. The van der Waals surface area contributed by atoms with Crippen molar-refractivity contribution >= 4 is 50.6 Å². The molecule has 3 nitrogen and oxygen atoms in total. The number of piperidine rings is 1. The summed E-state index contributed by atoms with van der Waals surface area (Å²) in [5.74, 6) is -0.108. The van der Waals surface area contributed by atoms with Crippen LogP contribution in [0.1, 0.15) is 29.6 Å². The standard InChI is InChI=1S/C13H14BrClN2OS/c14-9-5-3-4-8(11(9)15)13(18)17-7-2-1-6-10(17)12(16)19/h3-5,10H,1-2,6-7H2,(H2,16,19). The van der Waals surface area contributed by atoms with E-state index in [-0.39, 0.29) is 11.9 Å². The van der Waals surface area contributed by atoms with E-state index in [1.54, 1.807) is 23.1 Å². The Morgan fingerprint density at radius 3 is 2.89 bits per heavy atom. The summed E-state index contributed by atoms with van der Waals surface area (Å²) in [6, 6.07) is 5.16. The number of thiocarbonyl (C=S) groups is 1. The van der Waals surface area contributed by atoms with Crippen molar-refractivity contribution in [3.63, 3.8) is 0 Å². The van der Waals surface area contributed by atoms with Crippen LogP contribution in [0.3, 0.4) is 0 Å². The summed E-state index contributed by atoms with van der Waals surface area (Å²) < 4.78 is 0.712. The minimum Gasteiger partial charge on any atom is -0.392 e. The molecule has 0 radical (unpaired) electrons. The molecule has 6 heteroatoms. The van der Waals surface area contributed by atoms with E-state index in [4.69, 9.17) is 29.6 Å². The third kappa shape index (κ3) is 3.09. The zero-order chi connectivity index (χ0) is 14.0. The first-order valence-corrected chi connectivity index (χ1v) is 7.64. The van der Waals surface area contributed by atoms with Crippen LogP contribution in [0, 0.1) is 0 Å². The highest BCUT2D eigenvalue weighted by Gasteiger charge is 2.30. The molecule has 1 aromatic carbocycles. The number of amides is 1. The van der Waals surface area contributed by atoms with Crippen molar-refractivity contribution in [2.75, 3.05) is 6.54 Å². The highest BCUT2D eigenvalue weighted by Crippen LogP contribution is 2.29. The van der Waals surface area contributed by atoms with E-state index in [0.29, 0.717) is 26.6 Å². The molecule has 1 fully saturated rings. The lowest BCUT2D eigenvalue weighted by Gasteiger charge is -2.35. The molecule has 1 aromatic rings. The van der Waals surface area contributed by atoms with Crippen LogP contribution in [-0.2, 0) is 0 Å². The molecule has 1 heterocycles. The Hall–Kier alpha value is -0.650. The summed E-state index contributed by atoms with van der Waals surface area (Å²) in [5, 5.41) is 0.430. The van der Waals surface area contributed by atoms with Crippen LogP contribution in [0.25, 0.3) is 0 Å². The van der Waals surface area contributed by atoms with Gasteiger partial charge < -0.3 is 10.6 Å². The van der Waals surface area contributed by atoms with E-state index in [0.717, 1.165) is 19.3 Å². The van der Waals surface area contributed by atoms with Crippen molar-refractivity contribution in [3.05, 3.63) is 33.3 Å². The van der Waals surface area contributed by atoms with Gasteiger partial charge in [0.25, 0.3) is 5.91 Å². The second kappa shape index (κ2) is 6.20. The van der Waals surface area contributed by atoms with Crippen molar-refractivity contribution in [1.82, 2.24) is 4.90 Å². The van der Waals surface area contributed by atoms with Crippen molar-refractivity contribution in [1.29, 1.82) is 0 Å². The first-order chi connectivity index (χ1) is 9.02. The van der Waals surface area contributed by atoms with Gasteiger partial charge in [-0.3, -0.25) is 4.79 Å². The predicted molar refractivity (Wildman–Crippen MR) is 84.6 cm³/mol. The van der Waals surface area contributed by atoms with E-state index in [1.165, 1.54) is 0 Å². The number of carbonyl (C=O) groups excluding carboxylic acids is 1. The Bertz CT molecular complexity index is 523. The fourth-order valence-corrected chi connectivity index (χ4v) is 3.11. The normalized spacial score (nSPS) is 19.3. The largest absolute Gasteiger partial charge is 0.392 e. The number of carbonyl (C=O) groups is 1. The lowest BCUT2D eigenvalue weighted by atomic mass is 10.0. The minimum atomic E-state index is -0.161. The van der Waals surface area contributed by atoms with Crippen molar-refractivity contribution in [2.45, 2.75) is 25.3 Å². The van der Waals surface area contributed by atoms with Gasteiger partial charge in [-0.2, -0.15) is 0 Å². The van der Waals surface area contributed by atoms with Gasteiger partial charge in [-0.1, -0.05) is 29.9 Å². The average molecular weight is 362 g/mol. The van der Waals surface area contributed by atoms with E-state index < -0.39 is 0 Å². The van der Waals surface area contributed by atoms with Gasteiger partial charge in [-0.25, -0.2) is 0 Å². The van der Waals surface area contributed by atoms with Crippen LogP contribution >= 0.6 is 39.7 Å². The van der Waals surface area contributed by atoms with Crippen molar-refractivity contribution in [3.8, 4) is 0 Å². The third-order valence-corrected chi connectivity index (χ3v) is 4.84. The molecular weight excluding hydrogens is 348 g/mol. The molecule has 0 saturated carbocycles. The smallest absolute Gasteiger partial charge is 0.256 e. The lowest BCUT2D eigenvalue weighted by molar-refractivity contribution is 0.0681. The van der Waals surface area contributed by atoms with E-state index in [9.17, 15) is 4.79 Å². The lowest BCUT2D eigenvalue weighted by Crippen LogP contribution is -2.49. The minimum absolute atomic E-state index is 0.108. The molecule has 1 atom stereocenters. The number of rotatable bonds is 2. The van der Waals surface area contributed by atoms with Crippen molar-refractivity contribution < 1.29 is 4.79 Å². The fraction of sp³-hybridized carbons (Fsp3) is 0.385. The summed E-state index contributed by atoms with van der Waals surface area (Å²) in [4.78, 5) is 14.7. The highest BCUT2D eigenvalue weighted by molar-refractivity contribution is 9.10. The molecule has 0 aliphatic carbocycles. The Balaban J connectivity index is 2.31. The SMILES string of the molecule is NC(=S)C1CCCCN1C(=O)c1cccc(Br)c1Cl. The van der Waals surface area contributed by atoms with E-state index >= 15 is 0 Å². The van der Waals surface area contributed by atoms with Gasteiger partial charge in [0.2, 0.25) is 0 Å². The van der Waals surface area contributed by atoms with Gasteiger partial charge in [-0.05, 0) is 47.3 Å². The van der Waals surface area contributed by atoms with Crippen molar-refractivity contribution in [2.24, 2.45) is 5.73 Å². The van der Waals surface area contributed by atoms with Crippen LogP contribution in [0.2, 0.25) is 5.02 Å². The van der Waals surface area contributed by atoms with Crippen LogP contribution < -0.4 is 5.73 Å². The summed E-state index contributed by atoms with van der Waals surface area (Å²) in [6.45, 7) is 0.670. The molecular formula is C13H14BrClN2OS. The molecule has 2 rings (SSSR count). The highest BCUT2D eigenvalue weighted by atomic mass is 79.9. The maximum absolute atomic E-state index is 12.6. The monoisotopic (exact) mass is 360 g/mol. The molecule has 0 spiro atoms. The molecule has 1 saturated heterocycles. The molecule has 1 aliphatic rings. The van der Waals surface area contributed by atoms with Crippen LogP contribution in [-0.4, -0.2) is 28.4 Å². The molecule has 0 aromatic heterocycles. The molecule has 19 heavy (non-hydrogen) atoms. The Kier molecular flexibility index (Phi) is 4.81. The Morgan fingerprint density at radius 2 is 2.21 bits per heavy atom. The van der Waals surface area contributed by atoms with Gasteiger partial charge in [0.05, 0.1) is 21.6 Å². The number of nitrogens with zero attached hydrogens (tertiary/aromatic N) is 1. The number of hydrogen-bond acceptors (Lipinski definition) is 2. The van der Waals surface area contributed by atoms with E-state index in [1.807, 2.05) is 0 Å². The summed E-state index contributed by atoms with van der Waals surface area (Å²) in [5.41, 5.74) is 6.22. The first-order valence-electron chi connectivity index (χ1n) is 6.06. The number of nitrogens with two attached hydrogens (primary N) is 1. The van der Waals surface area contributed by atoms with Gasteiger partial charge in [-0.15, -0.1) is 0 Å². The van der Waals surface area contributed by atoms with Gasteiger partial charge in [0.1, 0.15) is 0 Å². The van der Waals surface area contributed by atoms with Crippen LogP contribution in [0.15, 0.2) is 22.7 Å². The topological polar surface area (TPSA) is 46.3 Å². The molecule has 1 aliphatic heterocycles. The van der Waals surface area contributed by atoms with Crippen LogP contribution in [0.5, 0.6) is 0 Å². The quantitative estimate of drug-likeness (QED) is 0.821. The zero-order valence-electron chi connectivity index (χ0n) is 10.2. The summed E-state index contributed by atoms with van der Waals surface area (Å²) in [7, 11) is 0. The maximum Gasteiger partial charge on any atom is 0.256 e. The van der Waals surface area contributed by atoms with Gasteiger partial charge in [0, 0.05) is 11.0 Å². The number of hydrogen-bond donors (Lipinski definition) is 1. The summed E-state index contributed by atoms with van der Waals surface area (Å²) in [6.07, 6.45) is 2.83. The summed E-state index contributed by atoms with van der Waals surface area (Å²) >= 11 is 14.6. The molecule has 0 bridgehead atoms. The fourth-order valence-electron chi connectivity index (χ4n) is 2.29. The molecule has 102 valence electrons. The maximum atomic E-state index is 12.6. The Morgan fingerprint density at radius 1 is 1.47 bits per heavy atom. The zero-order valence-corrected chi connectivity index (χ0v) is 13.4. The van der Waals surface area contributed by atoms with Gasteiger partial charge >= 0.3 is 0 Å². The molecule has 2 N–H and O–H groups in total. The Labute approximate surface area is 131 Å². The van der Waals surface area contributed by atoms with E-state index in [2.05, 4.69) is 15.9 Å². The van der Waals surface area contributed by atoms with Crippen LogP contribution in [0.4, 0.5) is 0 Å². The van der Waals surface area contributed by atoms with Gasteiger partial charge in [0.15, 0.2) is 0 Å². The first kappa shape index (κ1) is 14.8. The third-order valence-electron chi connectivity index (χ3n) is 3.27. The average Bonchev–Trinajstić information content (AvgIpc) is 2.41. The predicted octanol–water partition coefficient (Wildman–Crippen LogP) is 3.38. The molecule has 1 unspecified atom stereocenters. The second-order valence-corrected chi connectivity index (χ2v) is 6.22. The number of benzene rings is 1. The number of likely N-dealkylation sites (tertiary alicyclic amines) is 1. The number of halogens is 2.